The van der Waals surface area contributed by atoms with E-state index in [0.717, 1.165) is 37.0 Å². The highest BCUT2D eigenvalue weighted by Gasteiger charge is 2.29. The maximum absolute atomic E-state index is 13.8. The van der Waals surface area contributed by atoms with Gasteiger partial charge in [-0.1, -0.05) is 0 Å². The first-order valence-corrected chi connectivity index (χ1v) is 8.67. The molecule has 148 valence electrons. The fourth-order valence-electron chi connectivity index (χ4n) is 2.89. The Kier molecular flexibility index (Phi) is 4.63. The summed E-state index contributed by atoms with van der Waals surface area (Å²) in [5.41, 5.74) is 0.673. The molecule has 2 heterocycles. The van der Waals surface area contributed by atoms with E-state index < -0.39 is 16.4 Å². The van der Waals surface area contributed by atoms with E-state index in [2.05, 4.69) is 20.4 Å². The summed E-state index contributed by atoms with van der Waals surface area (Å²) >= 11 is 0. The van der Waals surface area contributed by atoms with E-state index in [1.807, 2.05) is 0 Å². The molecule has 2 aromatic heterocycles. The van der Waals surface area contributed by atoms with E-state index in [4.69, 9.17) is 4.74 Å². The van der Waals surface area contributed by atoms with Crippen LogP contribution in [0, 0.1) is 15.9 Å². The topological polar surface area (TPSA) is 125 Å². The molecule has 1 aliphatic rings. The Labute approximate surface area is 163 Å². The van der Waals surface area contributed by atoms with Gasteiger partial charge in [-0.2, -0.15) is 14.5 Å². The van der Waals surface area contributed by atoms with Gasteiger partial charge in [-0.15, -0.1) is 0 Å². The first-order valence-electron chi connectivity index (χ1n) is 8.67. The number of methoxy groups -OCH3 is 1. The molecule has 1 N–H and O–H groups in total. The summed E-state index contributed by atoms with van der Waals surface area (Å²) in [5.74, 6) is -0.177. The Hall–Kier alpha value is -3.89. The molecular formula is C18H15FN6O4. The zero-order valence-corrected chi connectivity index (χ0v) is 15.2. The van der Waals surface area contributed by atoms with Gasteiger partial charge in [0.2, 0.25) is 11.8 Å². The maximum atomic E-state index is 13.8. The number of nitro benzene ring substituents is 1. The number of hydrogen-bond acceptors (Lipinski definition) is 8. The number of rotatable bonds is 7. The molecule has 11 heteroatoms. The lowest BCUT2D eigenvalue weighted by Crippen LogP contribution is -2.05. The number of nitrogens with zero attached hydrogens (tertiary/aromatic N) is 5. The number of benzene rings is 1. The number of carbonyl (C=O) groups is 1. The average molecular weight is 398 g/mol. The highest BCUT2D eigenvalue weighted by molar-refractivity contribution is 5.77. The number of nitrogens with one attached hydrogen (secondary N) is 1. The van der Waals surface area contributed by atoms with Crippen LogP contribution in [0.2, 0.25) is 0 Å². The summed E-state index contributed by atoms with van der Waals surface area (Å²) in [6.45, 7) is 0. The van der Waals surface area contributed by atoms with Crippen LogP contribution in [0.15, 0.2) is 30.6 Å². The summed E-state index contributed by atoms with van der Waals surface area (Å²) in [7, 11) is 1.31. The number of nitro groups is 1. The molecule has 1 aromatic carbocycles. The van der Waals surface area contributed by atoms with Gasteiger partial charge in [0.05, 0.1) is 29.0 Å². The molecule has 1 saturated carbocycles. The van der Waals surface area contributed by atoms with Crippen molar-refractivity contribution in [1.29, 1.82) is 0 Å². The highest BCUT2D eigenvalue weighted by Crippen LogP contribution is 2.40. The zero-order chi connectivity index (χ0) is 20.5. The Morgan fingerprint density at radius 1 is 1.41 bits per heavy atom. The van der Waals surface area contributed by atoms with Crippen molar-refractivity contribution in [3.05, 3.63) is 57.8 Å². The third kappa shape index (κ3) is 3.61. The van der Waals surface area contributed by atoms with Crippen molar-refractivity contribution in [3.63, 3.8) is 0 Å². The second-order valence-corrected chi connectivity index (χ2v) is 6.43. The molecule has 1 fully saturated rings. The number of ether oxygens (including phenoxy) is 1. The molecule has 0 unspecified atom stereocenters. The van der Waals surface area contributed by atoms with Crippen molar-refractivity contribution in [2.45, 2.75) is 18.8 Å². The molecule has 0 radical (unpaired) electrons. The second-order valence-electron chi connectivity index (χ2n) is 6.43. The van der Waals surface area contributed by atoms with Gasteiger partial charge in [0.15, 0.2) is 12.1 Å². The molecular weight excluding hydrogens is 383 g/mol. The zero-order valence-electron chi connectivity index (χ0n) is 15.2. The minimum absolute atomic E-state index is 0.0560. The van der Waals surface area contributed by atoms with E-state index in [1.54, 1.807) is 12.3 Å². The number of aromatic nitrogens is 4. The predicted molar refractivity (Wildman–Crippen MR) is 99.4 cm³/mol. The number of halogens is 1. The van der Waals surface area contributed by atoms with Crippen LogP contribution in [-0.2, 0) is 0 Å². The standard InChI is InChI=1S/C18H15FN6O4/c1-29-15-6-12(19)14(25(27)28)7-13(15)21-18-20-5-4-16(22-18)24-8-11(9-26)17(23-24)10-2-3-10/h4-10H,2-3H2,1H3,(H,20,21,22). The van der Waals surface area contributed by atoms with Gasteiger partial charge in [-0.3, -0.25) is 14.9 Å². The van der Waals surface area contributed by atoms with E-state index in [9.17, 15) is 19.3 Å². The molecule has 10 nitrogen and oxygen atoms in total. The molecule has 0 aliphatic heterocycles. The van der Waals surface area contributed by atoms with Crippen LogP contribution < -0.4 is 10.1 Å². The summed E-state index contributed by atoms with van der Waals surface area (Å²) in [6.07, 6.45) is 5.82. The number of aldehydes is 1. The Balaban J connectivity index is 1.67. The van der Waals surface area contributed by atoms with Gasteiger partial charge in [0, 0.05) is 36.5 Å². The Morgan fingerprint density at radius 3 is 2.86 bits per heavy atom. The molecule has 29 heavy (non-hydrogen) atoms. The van der Waals surface area contributed by atoms with E-state index in [0.29, 0.717) is 17.3 Å². The Bertz CT molecular complexity index is 1110. The van der Waals surface area contributed by atoms with Gasteiger partial charge in [0.1, 0.15) is 5.75 Å². The fraction of sp³-hybridized carbons (Fsp3) is 0.222. The number of carbonyl (C=O) groups excluding carboxylic acids is 1. The molecule has 4 rings (SSSR count). The lowest BCUT2D eigenvalue weighted by Gasteiger charge is -2.11. The SMILES string of the molecule is COc1cc(F)c([N+](=O)[O-])cc1Nc1nccc(-n2cc(C=O)c(C3CC3)n2)n1. The molecule has 0 bridgehead atoms. The van der Waals surface area contributed by atoms with Gasteiger partial charge in [0.25, 0.3) is 0 Å². The molecule has 1 aliphatic carbocycles. The number of hydrogen-bond donors (Lipinski definition) is 1. The summed E-state index contributed by atoms with van der Waals surface area (Å²) in [6, 6.07) is 3.53. The van der Waals surface area contributed by atoms with Crippen molar-refractivity contribution in [2.75, 3.05) is 12.4 Å². The highest BCUT2D eigenvalue weighted by atomic mass is 19.1. The van der Waals surface area contributed by atoms with E-state index in [-0.39, 0.29) is 17.4 Å². The molecule has 0 saturated heterocycles. The van der Waals surface area contributed by atoms with Crippen LogP contribution in [0.3, 0.4) is 0 Å². The maximum Gasteiger partial charge on any atom is 0.307 e. The quantitative estimate of drug-likeness (QED) is 0.365. The van der Waals surface area contributed by atoms with E-state index in [1.165, 1.54) is 18.0 Å². The third-order valence-corrected chi connectivity index (χ3v) is 4.45. The third-order valence-electron chi connectivity index (χ3n) is 4.45. The summed E-state index contributed by atoms with van der Waals surface area (Å²) in [5, 5.41) is 18.3. The molecule has 0 atom stereocenters. The van der Waals surface area contributed by atoms with Crippen molar-refractivity contribution in [3.8, 4) is 11.6 Å². The predicted octanol–water partition coefficient (Wildman–Crippen LogP) is 3.15. The second kappa shape index (κ2) is 7.26. The summed E-state index contributed by atoms with van der Waals surface area (Å²) in [4.78, 5) is 29.9. The van der Waals surface area contributed by atoms with Crippen LogP contribution in [0.1, 0.15) is 34.8 Å². The van der Waals surface area contributed by atoms with Crippen molar-refractivity contribution >= 4 is 23.6 Å². The smallest absolute Gasteiger partial charge is 0.307 e. The lowest BCUT2D eigenvalue weighted by molar-refractivity contribution is -0.387. The van der Waals surface area contributed by atoms with Crippen molar-refractivity contribution < 1.29 is 18.8 Å². The van der Waals surface area contributed by atoms with Gasteiger partial charge >= 0.3 is 5.69 Å². The van der Waals surface area contributed by atoms with Crippen LogP contribution in [0.5, 0.6) is 5.75 Å². The number of anilines is 2. The van der Waals surface area contributed by atoms with Crippen LogP contribution in [-0.4, -0.2) is 38.1 Å². The van der Waals surface area contributed by atoms with Crippen molar-refractivity contribution in [1.82, 2.24) is 19.7 Å². The Morgan fingerprint density at radius 2 is 2.21 bits per heavy atom. The molecule has 3 aromatic rings. The van der Waals surface area contributed by atoms with E-state index >= 15 is 0 Å². The average Bonchev–Trinajstić information content (AvgIpc) is 3.47. The van der Waals surface area contributed by atoms with Gasteiger partial charge in [-0.05, 0) is 12.8 Å². The fourth-order valence-corrected chi connectivity index (χ4v) is 2.89. The minimum atomic E-state index is -1.02. The lowest BCUT2D eigenvalue weighted by atomic mass is 10.2. The van der Waals surface area contributed by atoms with Gasteiger partial charge in [-0.25, -0.2) is 9.67 Å². The van der Waals surface area contributed by atoms with Crippen LogP contribution in [0.25, 0.3) is 5.82 Å². The monoisotopic (exact) mass is 398 g/mol. The van der Waals surface area contributed by atoms with Gasteiger partial charge < -0.3 is 10.1 Å². The van der Waals surface area contributed by atoms with Crippen LogP contribution >= 0.6 is 0 Å². The summed E-state index contributed by atoms with van der Waals surface area (Å²) < 4.78 is 20.4. The molecule has 0 amide bonds. The first kappa shape index (κ1) is 18.5. The minimum Gasteiger partial charge on any atom is -0.494 e. The van der Waals surface area contributed by atoms with Crippen molar-refractivity contribution in [2.24, 2.45) is 0 Å². The largest absolute Gasteiger partial charge is 0.494 e. The molecule has 0 spiro atoms. The normalized spacial score (nSPS) is 13.2. The first-order chi connectivity index (χ1) is 14.0. The van der Waals surface area contributed by atoms with Crippen LogP contribution in [0.4, 0.5) is 21.7 Å².